The van der Waals surface area contributed by atoms with Gasteiger partial charge in [-0.15, -0.1) is 0 Å². The lowest BCUT2D eigenvalue weighted by atomic mass is 10.3. The fraction of sp³-hybridized carbons (Fsp3) is 0.300. The zero-order chi connectivity index (χ0) is 16.2. The molecule has 116 valence electrons. The molecule has 21 heavy (non-hydrogen) atoms. The molecule has 0 aliphatic rings. The normalized spacial score (nSPS) is 11.4. The van der Waals surface area contributed by atoms with Crippen molar-refractivity contribution in [2.75, 3.05) is 18.3 Å². The van der Waals surface area contributed by atoms with Crippen molar-refractivity contribution in [1.29, 1.82) is 0 Å². The Kier molecular flexibility index (Phi) is 5.16. The van der Waals surface area contributed by atoms with Gasteiger partial charge in [0, 0.05) is 19.7 Å². The highest BCUT2D eigenvalue weighted by molar-refractivity contribution is 7.90. The van der Waals surface area contributed by atoms with Crippen LogP contribution in [-0.2, 0) is 15.0 Å². The van der Waals surface area contributed by atoms with Crippen molar-refractivity contribution in [3.8, 4) is 0 Å². The molecular weight excluding hydrogens is 309 g/mol. The first-order chi connectivity index (χ1) is 9.63. The predicted molar refractivity (Wildman–Crippen MR) is 70.5 cm³/mol. The van der Waals surface area contributed by atoms with E-state index in [4.69, 9.17) is 5.11 Å². The summed E-state index contributed by atoms with van der Waals surface area (Å²) in [5.41, 5.74) is -1.08. The van der Waals surface area contributed by atoms with E-state index in [1.807, 2.05) is 4.72 Å². The van der Waals surface area contributed by atoms with Gasteiger partial charge in [-0.1, -0.05) is 0 Å². The molecule has 0 radical (unpaired) electrons. The monoisotopic (exact) mass is 321 g/mol. The minimum atomic E-state index is -4.09. The number of nitrogens with one attached hydrogen (secondary N) is 1. The van der Waals surface area contributed by atoms with Gasteiger partial charge in [0.25, 0.3) is 0 Å². The molecule has 0 saturated carbocycles. The van der Waals surface area contributed by atoms with Gasteiger partial charge in [-0.25, -0.2) is 0 Å². The van der Waals surface area contributed by atoms with E-state index in [1.165, 1.54) is 0 Å². The molecule has 0 atom stereocenters. The van der Waals surface area contributed by atoms with E-state index in [-0.39, 0.29) is 12.2 Å². The highest BCUT2D eigenvalue weighted by Gasteiger charge is 2.21. The van der Waals surface area contributed by atoms with Crippen LogP contribution in [-0.4, -0.2) is 42.3 Å². The topological polar surface area (TPSA) is 130 Å². The fourth-order valence-corrected chi connectivity index (χ4v) is 2.23. The number of nitro benzene ring substituents is 1. The molecule has 0 aromatic heterocycles. The first-order valence-electron chi connectivity index (χ1n) is 5.53. The van der Waals surface area contributed by atoms with Crippen LogP contribution in [0.5, 0.6) is 0 Å². The number of carbonyl (C=O) groups is 1. The Labute approximate surface area is 119 Å². The number of halogens is 1. The Balaban J connectivity index is 2.91. The molecule has 2 N–H and O–H groups in total. The third kappa shape index (κ3) is 4.65. The van der Waals surface area contributed by atoms with E-state index in [0.717, 1.165) is 29.6 Å². The van der Waals surface area contributed by atoms with Crippen molar-refractivity contribution in [2.24, 2.45) is 0 Å². The molecule has 0 aliphatic carbocycles. The highest BCUT2D eigenvalue weighted by atomic mass is 32.2. The number of hydrogen-bond donors (Lipinski definition) is 2. The van der Waals surface area contributed by atoms with Crippen LogP contribution < -0.4 is 4.72 Å². The largest absolute Gasteiger partial charge is 0.481 e. The molecule has 0 aliphatic heterocycles. The molecule has 9 nitrogen and oxygen atoms in total. The summed E-state index contributed by atoms with van der Waals surface area (Å²) in [5, 5.41) is 19.1. The molecule has 1 aromatic rings. The van der Waals surface area contributed by atoms with Crippen LogP contribution in [0.3, 0.4) is 0 Å². The first-order valence-corrected chi connectivity index (χ1v) is 6.97. The van der Waals surface area contributed by atoms with Crippen LogP contribution in [0.1, 0.15) is 6.42 Å². The predicted octanol–water partition coefficient (Wildman–Crippen LogP) is 0.797. The Bertz CT molecular complexity index is 663. The van der Waals surface area contributed by atoms with Crippen LogP contribution in [0, 0.1) is 15.9 Å². The molecule has 0 amide bonds. The van der Waals surface area contributed by atoms with E-state index in [2.05, 4.69) is 0 Å². The molecule has 0 fully saturated rings. The summed E-state index contributed by atoms with van der Waals surface area (Å²) in [5.74, 6) is -2.27. The average Bonchev–Trinajstić information content (AvgIpc) is 2.37. The lowest BCUT2D eigenvalue weighted by Crippen LogP contribution is -2.34. The Morgan fingerprint density at radius 1 is 1.52 bits per heavy atom. The number of carboxylic acids is 1. The minimum Gasteiger partial charge on any atom is -0.481 e. The van der Waals surface area contributed by atoms with Crippen molar-refractivity contribution in [3.63, 3.8) is 0 Å². The number of hydrogen-bond acceptors (Lipinski definition) is 5. The summed E-state index contributed by atoms with van der Waals surface area (Å²) >= 11 is 0. The van der Waals surface area contributed by atoms with E-state index < -0.39 is 39.0 Å². The maximum atomic E-state index is 13.1. The summed E-state index contributed by atoms with van der Waals surface area (Å²) in [6.45, 7) is -0.284. The van der Waals surface area contributed by atoms with Gasteiger partial charge in [-0.2, -0.15) is 17.1 Å². The second-order valence-electron chi connectivity index (χ2n) is 4.00. The molecule has 0 saturated heterocycles. The van der Waals surface area contributed by atoms with Gasteiger partial charge in [-0.3, -0.25) is 19.6 Å². The number of nitrogens with zero attached hydrogens (tertiary/aromatic N) is 2. The van der Waals surface area contributed by atoms with Gasteiger partial charge in [0.2, 0.25) is 5.82 Å². The van der Waals surface area contributed by atoms with Gasteiger partial charge in [0.05, 0.1) is 17.0 Å². The van der Waals surface area contributed by atoms with Crippen molar-refractivity contribution in [2.45, 2.75) is 6.42 Å². The smallest absolute Gasteiger partial charge is 0.306 e. The molecule has 1 rings (SSSR count). The Hall–Kier alpha value is -2.27. The fourth-order valence-electron chi connectivity index (χ4n) is 1.32. The molecule has 0 bridgehead atoms. The number of benzene rings is 1. The number of nitro groups is 1. The molecule has 0 unspecified atom stereocenters. The van der Waals surface area contributed by atoms with Gasteiger partial charge in [-0.05, 0) is 12.1 Å². The summed E-state index contributed by atoms with van der Waals surface area (Å²) < 4.78 is 39.5. The third-order valence-electron chi connectivity index (χ3n) is 2.44. The number of aliphatic carboxylic acids is 1. The van der Waals surface area contributed by atoms with Crippen LogP contribution >= 0.6 is 0 Å². The molecule has 11 heteroatoms. The molecule has 0 spiro atoms. The molecular formula is C10H12FN3O6S. The highest BCUT2D eigenvalue weighted by Crippen LogP contribution is 2.22. The second kappa shape index (κ2) is 6.45. The standard InChI is InChI=1S/C10H12FN3O6S/c1-13(5-4-10(15)16)21(19,20)12-7-2-3-8(11)9(6-7)14(17)18/h2-3,6,12H,4-5H2,1H3,(H,15,16). The number of carboxylic acid groups (broad SMARTS) is 1. The molecule has 1 aromatic carbocycles. The maximum absolute atomic E-state index is 13.1. The lowest BCUT2D eigenvalue weighted by Gasteiger charge is -2.17. The summed E-state index contributed by atoms with van der Waals surface area (Å²) in [6.07, 6.45) is -0.402. The second-order valence-corrected chi connectivity index (χ2v) is 5.77. The van der Waals surface area contributed by atoms with E-state index in [0.29, 0.717) is 0 Å². The minimum absolute atomic E-state index is 0.203. The van der Waals surface area contributed by atoms with Gasteiger partial charge >= 0.3 is 21.9 Å². The summed E-state index contributed by atoms with van der Waals surface area (Å²) in [7, 11) is -2.95. The van der Waals surface area contributed by atoms with Crippen molar-refractivity contribution < 1.29 is 27.6 Å². The first kappa shape index (κ1) is 16.8. The van der Waals surface area contributed by atoms with Crippen LogP contribution in [0.25, 0.3) is 0 Å². The van der Waals surface area contributed by atoms with Crippen LogP contribution in [0.4, 0.5) is 15.8 Å². The van der Waals surface area contributed by atoms with Crippen LogP contribution in [0.15, 0.2) is 18.2 Å². The van der Waals surface area contributed by atoms with E-state index in [9.17, 15) is 27.7 Å². The van der Waals surface area contributed by atoms with Crippen molar-refractivity contribution in [1.82, 2.24) is 4.31 Å². The quantitative estimate of drug-likeness (QED) is 0.564. The number of rotatable bonds is 7. The van der Waals surface area contributed by atoms with Gasteiger partial charge in [0.1, 0.15) is 0 Å². The Morgan fingerprint density at radius 2 is 2.14 bits per heavy atom. The SMILES string of the molecule is CN(CCC(=O)O)S(=O)(=O)Nc1ccc(F)c([N+](=O)[O-])c1. The van der Waals surface area contributed by atoms with Crippen LogP contribution in [0.2, 0.25) is 0 Å². The van der Waals surface area contributed by atoms with Crippen molar-refractivity contribution >= 4 is 27.6 Å². The maximum Gasteiger partial charge on any atom is 0.306 e. The zero-order valence-electron chi connectivity index (χ0n) is 10.8. The lowest BCUT2D eigenvalue weighted by molar-refractivity contribution is -0.387. The third-order valence-corrected chi connectivity index (χ3v) is 3.94. The summed E-state index contributed by atoms with van der Waals surface area (Å²) in [6, 6.07) is 2.51. The Morgan fingerprint density at radius 3 is 2.67 bits per heavy atom. The van der Waals surface area contributed by atoms with Crippen molar-refractivity contribution in [3.05, 3.63) is 34.1 Å². The summed E-state index contributed by atoms with van der Waals surface area (Å²) in [4.78, 5) is 20.0. The van der Waals surface area contributed by atoms with Gasteiger partial charge < -0.3 is 5.11 Å². The van der Waals surface area contributed by atoms with E-state index in [1.54, 1.807) is 0 Å². The van der Waals surface area contributed by atoms with Gasteiger partial charge in [0.15, 0.2) is 0 Å². The number of anilines is 1. The van der Waals surface area contributed by atoms with E-state index >= 15 is 0 Å². The average molecular weight is 321 g/mol. The molecule has 0 heterocycles. The zero-order valence-corrected chi connectivity index (χ0v) is 11.6.